The van der Waals surface area contributed by atoms with E-state index >= 15 is 0 Å². The van der Waals surface area contributed by atoms with Crippen LogP contribution in [0, 0.1) is 0 Å². The maximum Gasteiger partial charge on any atom is 0.324 e. The molecular formula is C21H20N2O3S. The van der Waals surface area contributed by atoms with Crippen LogP contribution in [-0.2, 0) is 9.53 Å². The summed E-state index contributed by atoms with van der Waals surface area (Å²) in [6.07, 6.45) is 1.92. The number of carbonyl (C=O) groups excluding carboxylic acids is 1. The molecule has 1 aliphatic rings. The third-order valence-electron chi connectivity index (χ3n) is 4.51. The minimum Gasteiger partial charge on any atom is -0.465 e. The molecule has 1 saturated carbocycles. The number of benzene rings is 2. The zero-order valence-electron chi connectivity index (χ0n) is 15.0. The number of esters is 1. The fourth-order valence-electron chi connectivity index (χ4n) is 3.07. The van der Waals surface area contributed by atoms with E-state index in [0.29, 0.717) is 22.7 Å². The maximum absolute atomic E-state index is 13.0. The number of carbonyl (C=O) groups is 1. The van der Waals surface area contributed by atoms with E-state index in [1.807, 2.05) is 48.5 Å². The number of para-hydroxylation sites is 1. The van der Waals surface area contributed by atoms with Gasteiger partial charge in [-0.3, -0.25) is 14.2 Å². The van der Waals surface area contributed by atoms with Gasteiger partial charge < -0.3 is 4.74 Å². The average Bonchev–Trinajstić information content (AvgIpc) is 3.52. The molecule has 3 aromatic rings. The highest BCUT2D eigenvalue weighted by atomic mass is 32.2. The normalized spacial score (nSPS) is 14.9. The van der Waals surface area contributed by atoms with Crippen molar-refractivity contribution in [3.8, 4) is 0 Å². The van der Waals surface area contributed by atoms with Crippen molar-refractivity contribution in [2.75, 3.05) is 6.61 Å². The van der Waals surface area contributed by atoms with E-state index in [4.69, 9.17) is 9.72 Å². The summed E-state index contributed by atoms with van der Waals surface area (Å²) in [7, 11) is 0. The lowest BCUT2D eigenvalue weighted by atomic mass is 10.1. The van der Waals surface area contributed by atoms with Crippen molar-refractivity contribution < 1.29 is 9.53 Å². The van der Waals surface area contributed by atoms with Gasteiger partial charge in [0.15, 0.2) is 5.16 Å². The summed E-state index contributed by atoms with van der Waals surface area (Å²) in [5.41, 5.74) is 1.45. The Bertz CT molecular complexity index is 1030. The first kappa shape index (κ1) is 17.8. The molecule has 138 valence electrons. The number of aromatic nitrogens is 2. The van der Waals surface area contributed by atoms with E-state index in [2.05, 4.69) is 0 Å². The van der Waals surface area contributed by atoms with Crippen LogP contribution in [0.2, 0.25) is 0 Å². The molecule has 1 atom stereocenters. The van der Waals surface area contributed by atoms with Crippen molar-refractivity contribution in [3.63, 3.8) is 0 Å². The fraction of sp³-hybridized carbons (Fsp3) is 0.286. The van der Waals surface area contributed by atoms with Crippen LogP contribution in [0.5, 0.6) is 0 Å². The number of thioether (sulfide) groups is 1. The van der Waals surface area contributed by atoms with E-state index in [1.165, 1.54) is 11.8 Å². The molecule has 0 saturated heterocycles. The van der Waals surface area contributed by atoms with Crippen molar-refractivity contribution in [2.45, 2.75) is 36.2 Å². The smallest absolute Gasteiger partial charge is 0.324 e. The zero-order valence-corrected chi connectivity index (χ0v) is 15.8. The Balaban J connectivity index is 1.81. The van der Waals surface area contributed by atoms with Crippen LogP contribution in [0.15, 0.2) is 64.5 Å². The molecule has 0 unspecified atom stereocenters. The molecule has 4 rings (SSSR count). The molecule has 0 spiro atoms. The molecule has 0 radical (unpaired) electrons. The van der Waals surface area contributed by atoms with Crippen LogP contribution in [0.3, 0.4) is 0 Å². The van der Waals surface area contributed by atoms with E-state index in [0.717, 1.165) is 18.4 Å². The Labute approximate surface area is 161 Å². The highest BCUT2D eigenvalue weighted by Gasteiger charge is 2.32. The molecule has 5 nitrogen and oxygen atoms in total. The van der Waals surface area contributed by atoms with E-state index in [-0.39, 0.29) is 17.6 Å². The molecule has 0 bridgehead atoms. The minimum atomic E-state index is -0.566. The van der Waals surface area contributed by atoms with Gasteiger partial charge in [-0.2, -0.15) is 0 Å². The van der Waals surface area contributed by atoms with Gasteiger partial charge in [-0.15, -0.1) is 0 Å². The Hall–Kier alpha value is -2.60. The number of hydrogen-bond donors (Lipinski definition) is 0. The molecule has 0 amide bonds. The second kappa shape index (κ2) is 7.56. The topological polar surface area (TPSA) is 61.2 Å². The molecule has 2 aromatic carbocycles. The first-order valence-electron chi connectivity index (χ1n) is 9.08. The number of fused-ring (bicyclic) bond motifs is 1. The standard InChI is InChI=1S/C21H20N2O3S/c1-2-26-20(25)18(14-8-4-3-5-9-14)27-21-22-17-11-7-6-10-16(17)19(24)23(21)15-12-13-15/h3-11,15,18H,2,12-13H2,1H3/t18-/m1/s1. The van der Waals surface area contributed by atoms with Gasteiger partial charge >= 0.3 is 5.97 Å². The van der Waals surface area contributed by atoms with Crippen molar-refractivity contribution in [3.05, 3.63) is 70.5 Å². The summed E-state index contributed by atoms with van der Waals surface area (Å²) in [6.45, 7) is 2.10. The Morgan fingerprint density at radius 3 is 2.59 bits per heavy atom. The van der Waals surface area contributed by atoms with Crippen molar-refractivity contribution in [2.24, 2.45) is 0 Å². The average molecular weight is 380 g/mol. The van der Waals surface area contributed by atoms with Crippen LogP contribution >= 0.6 is 11.8 Å². The summed E-state index contributed by atoms with van der Waals surface area (Å²) >= 11 is 1.29. The molecule has 0 N–H and O–H groups in total. The summed E-state index contributed by atoms with van der Waals surface area (Å²) in [5.74, 6) is -0.321. The molecule has 27 heavy (non-hydrogen) atoms. The fourth-order valence-corrected chi connectivity index (χ4v) is 4.23. The van der Waals surface area contributed by atoms with Gasteiger partial charge in [0.25, 0.3) is 5.56 Å². The van der Waals surface area contributed by atoms with Crippen molar-refractivity contribution >= 4 is 28.6 Å². The van der Waals surface area contributed by atoms with Crippen LogP contribution in [0.25, 0.3) is 10.9 Å². The lowest BCUT2D eigenvalue weighted by Gasteiger charge is -2.18. The summed E-state index contributed by atoms with van der Waals surface area (Å²) in [5, 5.41) is 0.619. The Morgan fingerprint density at radius 1 is 1.19 bits per heavy atom. The molecule has 1 aliphatic carbocycles. The Morgan fingerprint density at radius 2 is 1.89 bits per heavy atom. The molecule has 1 heterocycles. The molecule has 6 heteroatoms. The van der Waals surface area contributed by atoms with Crippen LogP contribution in [-0.4, -0.2) is 22.1 Å². The first-order valence-corrected chi connectivity index (χ1v) is 9.96. The van der Waals surface area contributed by atoms with Crippen LogP contribution < -0.4 is 5.56 Å². The number of hydrogen-bond acceptors (Lipinski definition) is 5. The summed E-state index contributed by atoms with van der Waals surface area (Å²) < 4.78 is 7.04. The zero-order chi connectivity index (χ0) is 18.8. The van der Waals surface area contributed by atoms with E-state index in [1.54, 1.807) is 17.6 Å². The van der Waals surface area contributed by atoms with Gasteiger partial charge in [0, 0.05) is 6.04 Å². The lowest BCUT2D eigenvalue weighted by Crippen LogP contribution is -2.23. The van der Waals surface area contributed by atoms with Gasteiger partial charge in [0.2, 0.25) is 0 Å². The summed E-state index contributed by atoms with van der Waals surface area (Å²) in [4.78, 5) is 30.4. The van der Waals surface area contributed by atoms with Crippen molar-refractivity contribution in [1.29, 1.82) is 0 Å². The third kappa shape index (κ3) is 3.62. The largest absolute Gasteiger partial charge is 0.465 e. The molecular weight excluding hydrogens is 360 g/mol. The van der Waals surface area contributed by atoms with E-state index < -0.39 is 5.25 Å². The van der Waals surface area contributed by atoms with Gasteiger partial charge in [-0.05, 0) is 37.5 Å². The highest BCUT2D eigenvalue weighted by molar-refractivity contribution is 8.00. The van der Waals surface area contributed by atoms with Crippen molar-refractivity contribution in [1.82, 2.24) is 9.55 Å². The predicted molar refractivity (Wildman–Crippen MR) is 106 cm³/mol. The minimum absolute atomic E-state index is 0.0405. The number of nitrogens with zero attached hydrogens (tertiary/aromatic N) is 2. The first-order chi connectivity index (χ1) is 13.2. The Kier molecular flexibility index (Phi) is 4.99. The summed E-state index contributed by atoms with van der Waals surface area (Å²) in [6, 6.07) is 17.0. The molecule has 1 aromatic heterocycles. The van der Waals surface area contributed by atoms with E-state index in [9.17, 15) is 9.59 Å². The second-order valence-electron chi connectivity index (χ2n) is 6.48. The monoisotopic (exact) mass is 380 g/mol. The van der Waals surface area contributed by atoms with Gasteiger partial charge in [0.05, 0.1) is 17.5 Å². The second-order valence-corrected chi connectivity index (χ2v) is 7.55. The maximum atomic E-state index is 13.0. The SMILES string of the molecule is CCOC(=O)[C@H](Sc1nc2ccccc2c(=O)n1C1CC1)c1ccccc1. The highest BCUT2D eigenvalue weighted by Crippen LogP contribution is 2.41. The van der Waals surface area contributed by atoms with Crippen LogP contribution in [0.4, 0.5) is 0 Å². The molecule has 1 fully saturated rings. The van der Waals surface area contributed by atoms with Gasteiger partial charge in [-0.25, -0.2) is 4.98 Å². The number of ether oxygens (including phenoxy) is 1. The quantitative estimate of drug-likeness (QED) is 0.366. The predicted octanol–water partition coefficient (Wildman–Crippen LogP) is 4.13. The third-order valence-corrected chi connectivity index (χ3v) is 5.71. The molecule has 0 aliphatic heterocycles. The van der Waals surface area contributed by atoms with Gasteiger partial charge in [0.1, 0.15) is 5.25 Å². The van der Waals surface area contributed by atoms with Crippen LogP contribution in [0.1, 0.15) is 36.6 Å². The number of rotatable bonds is 6. The van der Waals surface area contributed by atoms with Gasteiger partial charge in [-0.1, -0.05) is 54.2 Å². The lowest BCUT2D eigenvalue weighted by molar-refractivity contribution is -0.142.